The maximum atomic E-state index is 13.9. The number of thiol groups is 1. The summed E-state index contributed by atoms with van der Waals surface area (Å²) in [7, 11) is 0. The van der Waals surface area contributed by atoms with E-state index in [1.165, 1.54) is 4.90 Å². The summed E-state index contributed by atoms with van der Waals surface area (Å²) in [5.41, 5.74) is 3.87. The monoisotopic (exact) mass is 524 g/mol. The molecule has 2 atom stereocenters. The van der Waals surface area contributed by atoms with Crippen LogP contribution in [-0.4, -0.2) is 46.7 Å². The predicted molar refractivity (Wildman–Crippen MR) is 148 cm³/mol. The largest absolute Gasteiger partial charge is 0.444 e. The molecule has 9 heteroatoms. The van der Waals surface area contributed by atoms with Crippen LogP contribution in [0.15, 0.2) is 36.4 Å². The minimum atomic E-state index is -1.13. The number of aryl methyl sites for hydroxylation is 4. The van der Waals surface area contributed by atoms with Crippen molar-refractivity contribution in [3.05, 3.63) is 64.2 Å². The summed E-state index contributed by atoms with van der Waals surface area (Å²) in [6.07, 6.45) is -0.792. The van der Waals surface area contributed by atoms with E-state index in [1.54, 1.807) is 20.8 Å². The van der Waals surface area contributed by atoms with Gasteiger partial charge in [-0.15, -0.1) is 0 Å². The highest BCUT2D eigenvalue weighted by Crippen LogP contribution is 2.29. The van der Waals surface area contributed by atoms with E-state index < -0.39 is 35.6 Å². The maximum absolute atomic E-state index is 13.9. The summed E-state index contributed by atoms with van der Waals surface area (Å²) in [6, 6.07) is 11.0. The molecule has 0 saturated heterocycles. The topological polar surface area (TPSA) is 112 Å². The Morgan fingerprint density at radius 2 is 1.68 bits per heavy atom. The summed E-state index contributed by atoms with van der Waals surface area (Å²) >= 11 is 4.25. The molecule has 0 saturated carbocycles. The third-order valence-corrected chi connectivity index (χ3v) is 6.08. The van der Waals surface area contributed by atoms with E-state index in [-0.39, 0.29) is 12.3 Å². The van der Waals surface area contributed by atoms with Crippen molar-refractivity contribution in [2.24, 2.45) is 0 Å². The van der Waals surface area contributed by atoms with Crippen LogP contribution in [-0.2, 0) is 14.3 Å². The van der Waals surface area contributed by atoms with Gasteiger partial charge < -0.3 is 20.3 Å². The van der Waals surface area contributed by atoms with Gasteiger partial charge in [0.1, 0.15) is 24.2 Å². The maximum Gasteiger partial charge on any atom is 0.408 e. The highest BCUT2D eigenvalue weighted by molar-refractivity contribution is 7.80. The smallest absolute Gasteiger partial charge is 0.408 e. The van der Waals surface area contributed by atoms with Gasteiger partial charge in [-0.25, -0.2) is 4.79 Å². The van der Waals surface area contributed by atoms with Gasteiger partial charge in [-0.05, 0) is 70.7 Å². The van der Waals surface area contributed by atoms with E-state index >= 15 is 0 Å². The quantitative estimate of drug-likeness (QED) is 0.340. The number of para-hydroxylation sites is 1. The first-order chi connectivity index (χ1) is 17.3. The van der Waals surface area contributed by atoms with Crippen LogP contribution in [0.4, 0.5) is 10.5 Å². The van der Waals surface area contributed by atoms with Gasteiger partial charge in [0.15, 0.2) is 0 Å². The molecule has 2 rings (SSSR count). The van der Waals surface area contributed by atoms with Gasteiger partial charge in [0.05, 0.1) is 6.07 Å². The molecule has 8 nitrogen and oxygen atoms in total. The van der Waals surface area contributed by atoms with E-state index in [4.69, 9.17) is 4.74 Å². The Morgan fingerprint density at radius 1 is 1.05 bits per heavy atom. The number of carbonyl (C=O) groups excluding carboxylic acids is 3. The van der Waals surface area contributed by atoms with Crippen LogP contribution in [0.25, 0.3) is 0 Å². The first-order valence-corrected chi connectivity index (χ1v) is 12.6. The lowest BCUT2D eigenvalue weighted by Gasteiger charge is -2.33. The van der Waals surface area contributed by atoms with Crippen molar-refractivity contribution in [3.63, 3.8) is 0 Å². The molecule has 198 valence electrons. The van der Waals surface area contributed by atoms with Gasteiger partial charge in [0, 0.05) is 11.4 Å². The van der Waals surface area contributed by atoms with E-state index in [9.17, 15) is 19.6 Å². The van der Waals surface area contributed by atoms with Crippen molar-refractivity contribution in [2.45, 2.75) is 66.2 Å². The van der Waals surface area contributed by atoms with Crippen molar-refractivity contribution in [3.8, 4) is 6.07 Å². The standard InChI is InChI=1S/C28H36N4O4S/c1-17-11-12-18(2)21(15-17)24(25(33)31-23-19(3)9-8-10-20(23)4)32(14-13-29)26(34)22(16-37)30-27(35)36-28(5,6)7/h8-12,15,22,24,37H,14,16H2,1-7H3,(H,30,35)(H,31,33). The molecule has 0 fully saturated rings. The summed E-state index contributed by atoms with van der Waals surface area (Å²) in [5.74, 6) is -1.15. The van der Waals surface area contributed by atoms with Crippen LogP contribution in [0.2, 0.25) is 0 Å². The van der Waals surface area contributed by atoms with E-state index in [0.717, 1.165) is 22.3 Å². The van der Waals surface area contributed by atoms with E-state index in [2.05, 4.69) is 23.3 Å². The second-order valence-corrected chi connectivity index (χ2v) is 10.4. The van der Waals surface area contributed by atoms with Crippen molar-refractivity contribution < 1.29 is 19.1 Å². The fourth-order valence-corrected chi connectivity index (χ4v) is 4.16. The summed E-state index contributed by atoms with van der Waals surface area (Å²) < 4.78 is 5.29. The molecule has 0 aromatic heterocycles. The zero-order valence-corrected chi connectivity index (χ0v) is 23.4. The molecule has 2 unspecified atom stereocenters. The van der Waals surface area contributed by atoms with Gasteiger partial charge in [0.2, 0.25) is 5.91 Å². The van der Waals surface area contributed by atoms with Gasteiger partial charge in [-0.3, -0.25) is 9.59 Å². The molecule has 0 aliphatic rings. The molecule has 0 aliphatic heterocycles. The van der Waals surface area contributed by atoms with Gasteiger partial charge in [-0.1, -0.05) is 42.0 Å². The lowest BCUT2D eigenvalue weighted by Crippen LogP contribution is -2.53. The molecule has 0 heterocycles. The lowest BCUT2D eigenvalue weighted by molar-refractivity contribution is -0.139. The third-order valence-electron chi connectivity index (χ3n) is 5.71. The number of alkyl carbamates (subject to hydrolysis) is 1. The van der Waals surface area contributed by atoms with Crippen molar-refractivity contribution >= 4 is 36.2 Å². The molecular formula is C28H36N4O4S. The van der Waals surface area contributed by atoms with Crippen LogP contribution in [0.1, 0.15) is 54.6 Å². The van der Waals surface area contributed by atoms with Crippen molar-refractivity contribution in [2.75, 3.05) is 17.6 Å². The molecule has 37 heavy (non-hydrogen) atoms. The summed E-state index contributed by atoms with van der Waals surface area (Å²) in [6.45, 7) is 12.3. The first-order valence-electron chi connectivity index (χ1n) is 12.0. The molecule has 2 aromatic carbocycles. The summed E-state index contributed by atoms with van der Waals surface area (Å²) in [5, 5.41) is 15.2. The van der Waals surface area contributed by atoms with Crippen LogP contribution in [0.5, 0.6) is 0 Å². The molecule has 0 spiro atoms. The third kappa shape index (κ3) is 7.99. The van der Waals surface area contributed by atoms with Crippen LogP contribution in [0.3, 0.4) is 0 Å². The number of ether oxygens (including phenoxy) is 1. The number of nitriles is 1. The average molecular weight is 525 g/mol. The summed E-state index contributed by atoms with van der Waals surface area (Å²) in [4.78, 5) is 41.2. The number of anilines is 1. The Kier molecular flexibility index (Phi) is 10.2. The molecule has 0 radical (unpaired) electrons. The van der Waals surface area contributed by atoms with Gasteiger partial charge in [0.25, 0.3) is 5.91 Å². The van der Waals surface area contributed by atoms with Crippen LogP contribution in [0, 0.1) is 39.0 Å². The Morgan fingerprint density at radius 3 is 2.22 bits per heavy atom. The number of hydrogen-bond acceptors (Lipinski definition) is 6. The number of rotatable bonds is 8. The van der Waals surface area contributed by atoms with Crippen molar-refractivity contribution in [1.82, 2.24) is 10.2 Å². The Labute approximate surface area is 224 Å². The van der Waals surface area contributed by atoms with E-state index in [0.29, 0.717) is 11.3 Å². The molecule has 2 aromatic rings. The Balaban J connectivity index is 2.56. The number of nitrogens with zero attached hydrogens (tertiary/aromatic N) is 2. The van der Waals surface area contributed by atoms with E-state index in [1.807, 2.05) is 70.2 Å². The van der Waals surface area contributed by atoms with Crippen LogP contribution < -0.4 is 10.6 Å². The normalized spacial score (nSPS) is 12.6. The average Bonchev–Trinajstić information content (AvgIpc) is 2.80. The molecule has 0 bridgehead atoms. The molecular weight excluding hydrogens is 488 g/mol. The number of hydrogen-bond donors (Lipinski definition) is 3. The molecule has 3 amide bonds. The second-order valence-electron chi connectivity index (χ2n) is 10.0. The zero-order chi connectivity index (χ0) is 27.9. The number of carbonyl (C=O) groups is 3. The Hall–Kier alpha value is -3.51. The molecule has 2 N–H and O–H groups in total. The minimum Gasteiger partial charge on any atom is -0.444 e. The van der Waals surface area contributed by atoms with Crippen molar-refractivity contribution in [1.29, 1.82) is 5.26 Å². The highest BCUT2D eigenvalue weighted by atomic mass is 32.1. The first kappa shape index (κ1) is 29.7. The lowest BCUT2D eigenvalue weighted by atomic mass is 9.96. The fraction of sp³-hybridized carbons (Fsp3) is 0.429. The predicted octanol–water partition coefficient (Wildman–Crippen LogP) is 4.78. The Bertz CT molecular complexity index is 1180. The van der Waals surface area contributed by atoms with Gasteiger partial charge >= 0.3 is 6.09 Å². The second kappa shape index (κ2) is 12.6. The van der Waals surface area contributed by atoms with Crippen LogP contribution >= 0.6 is 12.6 Å². The minimum absolute atomic E-state index is 0.0575. The zero-order valence-electron chi connectivity index (χ0n) is 22.5. The number of nitrogens with one attached hydrogen (secondary N) is 2. The SMILES string of the molecule is Cc1ccc(C)c(C(C(=O)Nc2c(C)cccc2C)N(CC#N)C(=O)C(CS)NC(=O)OC(C)(C)C)c1. The fourth-order valence-electron chi connectivity index (χ4n) is 3.92. The van der Waals surface area contributed by atoms with Gasteiger partial charge in [-0.2, -0.15) is 17.9 Å². The number of benzene rings is 2. The highest BCUT2D eigenvalue weighted by Gasteiger charge is 2.37. The molecule has 0 aliphatic carbocycles. The number of amides is 3.